The molecule has 2 aliphatic heterocycles. The number of likely N-dealkylation sites (N-methyl/N-ethyl adjacent to an activating group) is 1. The van der Waals surface area contributed by atoms with E-state index in [0.717, 1.165) is 43.0 Å². The smallest absolute Gasteiger partial charge is 0.260 e. The maximum absolute atomic E-state index is 12.7. The molecule has 0 aliphatic carbocycles. The molecule has 0 atom stereocenters. The van der Waals surface area contributed by atoms with Gasteiger partial charge in [-0.05, 0) is 60.6 Å². The predicted molar refractivity (Wildman–Crippen MR) is 139 cm³/mol. The van der Waals surface area contributed by atoms with Gasteiger partial charge in [-0.25, -0.2) is 0 Å². The molecule has 1 aromatic heterocycles. The van der Waals surface area contributed by atoms with Crippen molar-refractivity contribution >= 4 is 34.7 Å². The van der Waals surface area contributed by atoms with Crippen molar-refractivity contribution in [1.29, 1.82) is 0 Å². The molecule has 0 saturated carbocycles. The number of aromatic nitrogens is 1. The number of anilines is 2. The first-order valence-electron chi connectivity index (χ1n) is 11.8. The van der Waals surface area contributed by atoms with Gasteiger partial charge in [0.15, 0.2) is 0 Å². The van der Waals surface area contributed by atoms with Gasteiger partial charge in [-0.2, -0.15) is 0 Å². The van der Waals surface area contributed by atoms with Crippen LogP contribution in [0.3, 0.4) is 0 Å². The van der Waals surface area contributed by atoms with Crippen molar-refractivity contribution < 1.29 is 14.4 Å². The Morgan fingerprint density at radius 1 is 0.972 bits per heavy atom. The fourth-order valence-electron chi connectivity index (χ4n) is 4.53. The topological polar surface area (TPSA) is 113 Å². The molecule has 36 heavy (non-hydrogen) atoms. The minimum absolute atomic E-state index is 0.0779. The second kappa shape index (κ2) is 9.71. The van der Waals surface area contributed by atoms with Gasteiger partial charge in [0.05, 0.1) is 5.57 Å². The molecule has 184 valence electrons. The van der Waals surface area contributed by atoms with Crippen LogP contribution in [0, 0.1) is 0 Å². The van der Waals surface area contributed by atoms with Crippen LogP contribution in [0.2, 0.25) is 0 Å². The zero-order valence-corrected chi connectivity index (χ0v) is 20.0. The molecule has 9 heteroatoms. The summed E-state index contributed by atoms with van der Waals surface area (Å²) in [6.07, 6.45) is 5.20. The normalized spacial score (nSPS) is 17.1. The molecule has 3 heterocycles. The van der Waals surface area contributed by atoms with Gasteiger partial charge >= 0.3 is 0 Å². The molecule has 0 bridgehead atoms. The van der Waals surface area contributed by atoms with Gasteiger partial charge < -0.3 is 25.4 Å². The highest BCUT2D eigenvalue weighted by atomic mass is 16.2. The third-order valence-corrected chi connectivity index (χ3v) is 6.57. The van der Waals surface area contributed by atoms with Crippen LogP contribution >= 0.6 is 0 Å². The summed E-state index contributed by atoms with van der Waals surface area (Å²) in [5, 5.41) is 5.62. The Morgan fingerprint density at radius 2 is 1.72 bits per heavy atom. The van der Waals surface area contributed by atoms with Crippen LogP contribution in [0.1, 0.15) is 15.9 Å². The second-order valence-corrected chi connectivity index (χ2v) is 9.12. The molecular formula is C27H28N6O3. The minimum atomic E-state index is -0.461. The Morgan fingerprint density at radius 3 is 2.44 bits per heavy atom. The van der Waals surface area contributed by atoms with Crippen molar-refractivity contribution in [2.24, 2.45) is 5.73 Å². The number of carbonyl (C=O) groups is 3. The Labute approximate surface area is 209 Å². The van der Waals surface area contributed by atoms with E-state index in [2.05, 4.69) is 39.6 Å². The number of piperazine rings is 1. The van der Waals surface area contributed by atoms with E-state index in [1.165, 1.54) is 5.69 Å². The second-order valence-electron chi connectivity index (χ2n) is 9.12. The summed E-state index contributed by atoms with van der Waals surface area (Å²) in [6.45, 7) is 4.14. The van der Waals surface area contributed by atoms with Gasteiger partial charge in [-0.1, -0.05) is 6.07 Å². The third-order valence-electron chi connectivity index (χ3n) is 6.57. The number of hydrogen-bond acceptors (Lipinski definition) is 6. The molecule has 0 spiro atoms. The van der Waals surface area contributed by atoms with Crippen molar-refractivity contribution in [3.63, 3.8) is 0 Å². The van der Waals surface area contributed by atoms with Crippen LogP contribution in [0.5, 0.6) is 0 Å². The van der Waals surface area contributed by atoms with Gasteiger partial charge in [0.25, 0.3) is 11.8 Å². The lowest BCUT2D eigenvalue weighted by molar-refractivity contribution is -0.118. The van der Waals surface area contributed by atoms with Crippen molar-refractivity contribution in [1.82, 2.24) is 14.8 Å². The van der Waals surface area contributed by atoms with E-state index >= 15 is 0 Å². The number of nitrogens with zero attached hydrogens (tertiary/aromatic N) is 3. The molecule has 0 radical (unpaired) electrons. The number of nitrogens with one attached hydrogen (secondary N) is 2. The van der Waals surface area contributed by atoms with Crippen LogP contribution < -0.4 is 21.3 Å². The molecule has 3 aromatic rings. The van der Waals surface area contributed by atoms with E-state index in [1.807, 2.05) is 30.3 Å². The quantitative estimate of drug-likeness (QED) is 0.365. The maximum atomic E-state index is 12.7. The fraction of sp³-hybridized carbons (Fsp3) is 0.222. The number of amides is 3. The number of imide groups is 1. The van der Waals surface area contributed by atoms with Crippen LogP contribution in [-0.4, -0.2) is 60.4 Å². The highest BCUT2D eigenvalue weighted by molar-refractivity contribution is 6.31. The molecule has 1 saturated heterocycles. The highest BCUT2D eigenvalue weighted by Gasteiger charge is 2.27. The Balaban J connectivity index is 1.38. The molecule has 4 N–H and O–H groups in total. The van der Waals surface area contributed by atoms with Crippen LogP contribution in [0.15, 0.2) is 67.1 Å². The SMILES string of the molecule is CN1CCN(c2ccc(N/C=C3\C(=O)NC(=O)c4ccc(-c5ccn(CC(N)=O)c5)cc43)cc2)CC1. The molecule has 1 fully saturated rings. The molecule has 5 rings (SSSR count). The number of fused-ring (bicyclic) bond motifs is 1. The first-order valence-corrected chi connectivity index (χ1v) is 11.8. The number of carbonyl (C=O) groups excluding carboxylic acids is 3. The molecule has 0 unspecified atom stereocenters. The van der Waals surface area contributed by atoms with Crippen LogP contribution in [0.4, 0.5) is 11.4 Å². The lowest BCUT2D eigenvalue weighted by atomic mass is 9.92. The largest absolute Gasteiger partial charge is 0.369 e. The molecule has 9 nitrogen and oxygen atoms in total. The average molecular weight is 485 g/mol. The third kappa shape index (κ3) is 4.87. The molecule has 2 aliphatic rings. The lowest BCUT2D eigenvalue weighted by Crippen LogP contribution is -2.44. The van der Waals surface area contributed by atoms with Crippen LogP contribution in [0.25, 0.3) is 16.7 Å². The number of rotatable bonds is 6. The summed E-state index contributed by atoms with van der Waals surface area (Å²) in [4.78, 5) is 41.1. The maximum Gasteiger partial charge on any atom is 0.260 e. The Bertz CT molecular complexity index is 1350. The number of benzene rings is 2. The van der Waals surface area contributed by atoms with E-state index in [0.29, 0.717) is 16.7 Å². The first-order chi connectivity index (χ1) is 17.4. The lowest BCUT2D eigenvalue weighted by Gasteiger charge is -2.34. The van der Waals surface area contributed by atoms with Crippen molar-refractivity contribution in [3.8, 4) is 11.1 Å². The first kappa shape index (κ1) is 23.4. The van der Waals surface area contributed by atoms with Gasteiger partial charge in [0.1, 0.15) is 6.54 Å². The van der Waals surface area contributed by atoms with E-state index in [4.69, 9.17) is 5.73 Å². The summed E-state index contributed by atoms with van der Waals surface area (Å²) in [6, 6.07) is 15.3. The summed E-state index contributed by atoms with van der Waals surface area (Å²) in [5.74, 6) is -1.32. The molecule has 2 aromatic carbocycles. The van der Waals surface area contributed by atoms with Gasteiger partial charge in [0, 0.05) is 67.3 Å². The van der Waals surface area contributed by atoms with Crippen molar-refractivity contribution in [2.45, 2.75) is 6.54 Å². The van der Waals surface area contributed by atoms with Gasteiger partial charge in [-0.3, -0.25) is 19.7 Å². The van der Waals surface area contributed by atoms with Crippen LogP contribution in [-0.2, 0) is 16.1 Å². The highest BCUT2D eigenvalue weighted by Crippen LogP contribution is 2.30. The van der Waals surface area contributed by atoms with E-state index < -0.39 is 17.7 Å². The Hall–Kier alpha value is -4.37. The molecule has 3 amide bonds. The van der Waals surface area contributed by atoms with Crippen molar-refractivity contribution in [2.75, 3.05) is 43.4 Å². The van der Waals surface area contributed by atoms with Gasteiger partial charge in [-0.15, -0.1) is 0 Å². The summed E-state index contributed by atoms with van der Waals surface area (Å²) >= 11 is 0. The molecular weight excluding hydrogens is 456 g/mol. The fourth-order valence-corrected chi connectivity index (χ4v) is 4.53. The number of nitrogens with two attached hydrogens (primary N) is 1. The Kier molecular flexibility index (Phi) is 6.30. The van der Waals surface area contributed by atoms with E-state index in [9.17, 15) is 14.4 Å². The number of primary amides is 1. The minimum Gasteiger partial charge on any atom is -0.369 e. The average Bonchev–Trinajstić information content (AvgIpc) is 3.32. The summed E-state index contributed by atoms with van der Waals surface area (Å²) < 4.78 is 1.69. The van der Waals surface area contributed by atoms with Crippen molar-refractivity contribution in [3.05, 3.63) is 78.3 Å². The zero-order valence-electron chi connectivity index (χ0n) is 20.0. The monoisotopic (exact) mass is 484 g/mol. The van der Waals surface area contributed by atoms with Gasteiger partial charge in [0.2, 0.25) is 5.91 Å². The zero-order chi connectivity index (χ0) is 25.2. The standard InChI is InChI=1S/C27H28N6O3/c1-31-10-12-33(13-11-31)21-5-3-20(4-6-21)29-15-24-23-14-18(2-7-22(23)26(35)30-27(24)36)19-8-9-32(16-19)17-25(28)34/h2-9,14-16,29H,10-13,17H2,1H3,(H2,28,34)(H,30,35,36)/b24-15-. The van der Waals surface area contributed by atoms with E-state index in [1.54, 1.807) is 29.2 Å². The van der Waals surface area contributed by atoms with E-state index in [-0.39, 0.29) is 6.54 Å². The number of hydrogen-bond donors (Lipinski definition) is 3. The summed E-state index contributed by atoms with van der Waals surface area (Å²) in [5.41, 5.74) is 10.3. The summed E-state index contributed by atoms with van der Waals surface area (Å²) in [7, 11) is 2.13. The predicted octanol–water partition coefficient (Wildman–Crippen LogP) is 2.12.